The third-order valence-electron chi connectivity index (χ3n) is 5.36. The van der Waals surface area contributed by atoms with Crippen LogP contribution in [0.1, 0.15) is 52.7 Å². The first-order chi connectivity index (χ1) is 13.5. The summed E-state index contributed by atoms with van der Waals surface area (Å²) in [6.45, 7) is 7.43. The lowest BCUT2D eigenvalue weighted by Crippen LogP contribution is -2.25. The quantitative estimate of drug-likeness (QED) is 0.693. The Bertz CT molecular complexity index is 1020. The van der Waals surface area contributed by atoms with E-state index in [2.05, 4.69) is 36.6 Å². The van der Waals surface area contributed by atoms with Gasteiger partial charge in [0.15, 0.2) is 5.65 Å². The maximum atomic E-state index is 11.3. The summed E-state index contributed by atoms with van der Waals surface area (Å²) in [7, 11) is 0. The fourth-order valence-corrected chi connectivity index (χ4v) is 4.98. The predicted molar refractivity (Wildman–Crippen MR) is 109 cm³/mol. The molecule has 1 aliphatic rings. The molecule has 4 heterocycles. The molecule has 3 aromatic rings. The van der Waals surface area contributed by atoms with E-state index >= 15 is 0 Å². The summed E-state index contributed by atoms with van der Waals surface area (Å²) in [5.74, 6) is -0.00545. The molecule has 0 aliphatic carbocycles. The van der Waals surface area contributed by atoms with Crippen molar-refractivity contribution in [3.8, 4) is 0 Å². The lowest BCUT2D eigenvalue weighted by atomic mass is 9.95. The van der Waals surface area contributed by atoms with Crippen LogP contribution >= 0.6 is 11.3 Å². The monoisotopic (exact) mass is 399 g/mol. The van der Waals surface area contributed by atoms with Crippen molar-refractivity contribution in [2.45, 2.75) is 52.7 Å². The highest BCUT2D eigenvalue weighted by molar-refractivity contribution is 7.12. The Balaban J connectivity index is 1.62. The number of thiophene rings is 1. The van der Waals surface area contributed by atoms with Crippen LogP contribution in [0.15, 0.2) is 18.2 Å². The Morgan fingerprint density at radius 1 is 1.36 bits per heavy atom. The molecule has 28 heavy (non-hydrogen) atoms. The number of fused-ring (bicyclic) bond motifs is 1. The molecule has 0 aromatic carbocycles. The van der Waals surface area contributed by atoms with Gasteiger partial charge in [-0.05, 0) is 50.5 Å². The number of aryl methyl sites for hydroxylation is 3. The van der Waals surface area contributed by atoms with E-state index in [4.69, 9.17) is 14.7 Å². The van der Waals surface area contributed by atoms with E-state index in [1.807, 2.05) is 6.92 Å². The Labute approximate surface area is 168 Å². The zero-order valence-corrected chi connectivity index (χ0v) is 17.3. The van der Waals surface area contributed by atoms with Crippen LogP contribution in [0.4, 0.5) is 0 Å². The normalized spacial score (nSPS) is 20.0. The fraction of sp³-hybridized carbons (Fsp3) is 0.476. The number of aromatic nitrogens is 3. The summed E-state index contributed by atoms with van der Waals surface area (Å²) < 4.78 is 8.06. The van der Waals surface area contributed by atoms with Gasteiger partial charge in [0.2, 0.25) is 0 Å². The highest BCUT2D eigenvalue weighted by atomic mass is 32.1. The van der Waals surface area contributed by atoms with E-state index in [1.54, 1.807) is 11.3 Å². The predicted octanol–water partition coefficient (Wildman–Crippen LogP) is 4.27. The Hall–Kier alpha value is -2.25. The lowest BCUT2D eigenvalue weighted by molar-refractivity contribution is -0.147. The van der Waals surface area contributed by atoms with Gasteiger partial charge in [-0.1, -0.05) is 6.92 Å². The van der Waals surface area contributed by atoms with Gasteiger partial charge < -0.3 is 14.4 Å². The minimum Gasteiger partial charge on any atom is -0.481 e. The van der Waals surface area contributed by atoms with E-state index in [1.165, 1.54) is 4.88 Å². The zero-order valence-electron chi connectivity index (χ0n) is 16.4. The summed E-state index contributed by atoms with van der Waals surface area (Å²) >= 11 is 1.69. The molecule has 0 amide bonds. The number of carboxylic acids is 1. The number of aliphatic carboxylic acids is 1. The molecule has 1 aliphatic heterocycles. The van der Waals surface area contributed by atoms with Gasteiger partial charge in [0, 0.05) is 28.5 Å². The van der Waals surface area contributed by atoms with Crippen molar-refractivity contribution in [2.24, 2.45) is 5.92 Å². The Kier molecular flexibility index (Phi) is 5.21. The van der Waals surface area contributed by atoms with Crippen LogP contribution in [-0.4, -0.2) is 32.2 Å². The molecule has 148 valence electrons. The average molecular weight is 400 g/mol. The van der Waals surface area contributed by atoms with Crippen LogP contribution in [0.2, 0.25) is 0 Å². The van der Waals surface area contributed by atoms with Crippen molar-refractivity contribution >= 4 is 28.5 Å². The molecule has 1 N–H and O–H groups in total. The third kappa shape index (κ3) is 3.56. The molecule has 0 spiro atoms. The van der Waals surface area contributed by atoms with Crippen molar-refractivity contribution in [1.82, 2.24) is 14.5 Å². The molecule has 1 fully saturated rings. The van der Waals surface area contributed by atoms with Crippen LogP contribution in [0, 0.1) is 19.8 Å². The summed E-state index contributed by atoms with van der Waals surface area (Å²) in [5.41, 5.74) is 4.05. The van der Waals surface area contributed by atoms with Gasteiger partial charge in [-0.25, -0.2) is 9.97 Å². The number of pyridine rings is 1. The minimum atomic E-state index is -0.723. The average Bonchev–Trinajstić information content (AvgIpc) is 3.27. The molecular formula is C21H25N3O3S. The number of hydrogen-bond acceptors (Lipinski definition) is 5. The molecular weight excluding hydrogens is 374 g/mol. The van der Waals surface area contributed by atoms with Gasteiger partial charge in [-0.2, -0.15) is 0 Å². The van der Waals surface area contributed by atoms with Crippen LogP contribution in [0.3, 0.4) is 0 Å². The molecule has 7 heteroatoms. The van der Waals surface area contributed by atoms with E-state index < -0.39 is 5.97 Å². The molecule has 0 radical (unpaired) electrons. The number of carbonyl (C=O) groups is 1. The van der Waals surface area contributed by atoms with Crippen molar-refractivity contribution in [1.29, 1.82) is 0 Å². The molecule has 4 rings (SSSR count). The van der Waals surface area contributed by atoms with E-state index in [0.29, 0.717) is 19.4 Å². The second-order valence-electron chi connectivity index (χ2n) is 7.44. The van der Waals surface area contributed by atoms with Gasteiger partial charge in [-0.3, -0.25) is 4.79 Å². The van der Waals surface area contributed by atoms with Crippen molar-refractivity contribution < 1.29 is 14.6 Å². The number of ether oxygens (including phenoxy) is 1. The molecule has 0 saturated carbocycles. The first-order valence-electron chi connectivity index (χ1n) is 9.72. The van der Waals surface area contributed by atoms with Crippen molar-refractivity contribution in [2.75, 3.05) is 6.61 Å². The fourth-order valence-electron chi connectivity index (χ4n) is 3.91. The van der Waals surface area contributed by atoms with E-state index in [-0.39, 0.29) is 12.0 Å². The second kappa shape index (κ2) is 7.64. The number of imidazole rings is 1. The first-order valence-corrected chi connectivity index (χ1v) is 10.5. The molecule has 1 saturated heterocycles. The standard InChI is InChI=1S/C21H25N3O3S/c1-4-18-23-19-12(2)9-13(3)22-20(19)24(18)11-15-5-6-17(28-15)16-10-14(21(25)26)7-8-27-16/h5-6,9,14,16H,4,7-8,10-11H2,1-3H3,(H,25,26). The molecule has 2 unspecified atom stereocenters. The lowest BCUT2D eigenvalue weighted by Gasteiger charge is -2.26. The van der Waals surface area contributed by atoms with Crippen molar-refractivity contribution in [3.63, 3.8) is 0 Å². The molecule has 0 bridgehead atoms. The van der Waals surface area contributed by atoms with Crippen LogP contribution < -0.4 is 0 Å². The summed E-state index contributed by atoms with van der Waals surface area (Å²) in [6, 6.07) is 6.26. The number of carboxylic acid groups (broad SMARTS) is 1. The van der Waals surface area contributed by atoms with Crippen molar-refractivity contribution in [3.05, 3.63) is 45.0 Å². The number of rotatable bonds is 5. The number of hydrogen-bond donors (Lipinski definition) is 1. The second-order valence-corrected chi connectivity index (χ2v) is 8.64. The third-order valence-corrected chi connectivity index (χ3v) is 6.53. The summed E-state index contributed by atoms with van der Waals surface area (Å²) in [6.07, 6.45) is 1.86. The van der Waals surface area contributed by atoms with Crippen LogP contribution in [0.25, 0.3) is 11.2 Å². The molecule has 6 nitrogen and oxygen atoms in total. The maximum absolute atomic E-state index is 11.3. The minimum absolute atomic E-state index is 0.124. The molecule has 2 atom stereocenters. The largest absolute Gasteiger partial charge is 0.481 e. The van der Waals surface area contributed by atoms with Crippen LogP contribution in [-0.2, 0) is 22.5 Å². The smallest absolute Gasteiger partial charge is 0.306 e. The highest BCUT2D eigenvalue weighted by Crippen LogP contribution is 2.36. The van der Waals surface area contributed by atoms with E-state index in [0.717, 1.165) is 46.1 Å². The van der Waals surface area contributed by atoms with Gasteiger partial charge in [-0.15, -0.1) is 11.3 Å². The summed E-state index contributed by atoms with van der Waals surface area (Å²) in [5, 5.41) is 9.31. The molecule has 3 aromatic heterocycles. The topological polar surface area (TPSA) is 77.2 Å². The Morgan fingerprint density at radius 2 is 2.18 bits per heavy atom. The Morgan fingerprint density at radius 3 is 2.93 bits per heavy atom. The van der Waals surface area contributed by atoms with Gasteiger partial charge in [0.25, 0.3) is 0 Å². The zero-order chi connectivity index (χ0) is 19.8. The van der Waals surface area contributed by atoms with Crippen LogP contribution in [0.5, 0.6) is 0 Å². The van der Waals surface area contributed by atoms with Gasteiger partial charge in [0.1, 0.15) is 11.3 Å². The van der Waals surface area contributed by atoms with Gasteiger partial charge in [0.05, 0.1) is 18.6 Å². The highest BCUT2D eigenvalue weighted by Gasteiger charge is 2.29. The summed E-state index contributed by atoms with van der Waals surface area (Å²) in [4.78, 5) is 23.2. The first kappa shape index (κ1) is 19.1. The number of nitrogens with zero attached hydrogens (tertiary/aromatic N) is 3. The SMILES string of the molecule is CCc1nc2c(C)cc(C)nc2n1Cc1ccc(C2CC(C(=O)O)CCO2)s1. The van der Waals surface area contributed by atoms with E-state index in [9.17, 15) is 9.90 Å². The maximum Gasteiger partial charge on any atom is 0.306 e. The van der Waals surface area contributed by atoms with Gasteiger partial charge >= 0.3 is 5.97 Å².